The van der Waals surface area contributed by atoms with Crippen LogP contribution in [0, 0.1) is 5.41 Å². The predicted molar refractivity (Wildman–Crippen MR) is 98.1 cm³/mol. The smallest absolute Gasteiger partial charge is 0.396 e. The number of aliphatic hydroxyl groups excluding tert-OH is 1. The van der Waals surface area contributed by atoms with Crippen molar-refractivity contribution in [3.8, 4) is 11.4 Å². The number of aliphatic hydroxyl groups is 2. The normalized spacial score (nSPS) is 32.9. The van der Waals surface area contributed by atoms with Gasteiger partial charge >= 0.3 is 6.18 Å². The molecule has 0 spiro atoms. The lowest BCUT2D eigenvalue weighted by Gasteiger charge is -2.31. The lowest BCUT2D eigenvalue weighted by molar-refractivity contribution is -0.262. The molecule has 0 radical (unpaired) electrons. The first-order chi connectivity index (χ1) is 13.5. The molecule has 6 nitrogen and oxygen atoms in total. The number of hydrogen-bond donors (Lipinski definition) is 2. The minimum atomic E-state index is -4.82. The maximum Gasteiger partial charge on any atom is 0.424 e. The first-order valence-electron chi connectivity index (χ1n) is 10.1. The Morgan fingerprint density at radius 3 is 2.48 bits per heavy atom. The lowest BCUT2D eigenvalue weighted by atomic mass is 9.80. The molecule has 3 aliphatic rings. The lowest BCUT2D eigenvalue weighted by Crippen LogP contribution is -2.42. The van der Waals surface area contributed by atoms with Gasteiger partial charge in [-0.3, -0.25) is 4.68 Å². The topological polar surface area (TPSA) is 76.1 Å². The molecule has 2 aromatic rings. The first-order valence-corrected chi connectivity index (χ1v) is 10.1. The number of imidazole rings is 1. The van der Waals surface area contributed by atoms with Gasteiger partial charge in [0.15, 0.2) is 5.82 Å². The van der Waals surface area contributed by atoms with E-state index in [1.54, 1.807) is 0 Å². The monoisotopic (exact) mass is 410 g/mol. The Hall–Kier alpha value is -1.87. The molecule has 2 aromatic heterocycles. The zero-order valence-corrected chi connectivity index (χ0v) is 16.5. The van der Waals surface area contributed by atoms with Crippen LogP contribution in [-0.2, 0) is 17.6 Å². The summed E-state index contributed by atoms with van der Waals surface area (Å²) >= 11 is 0. The average molecular weight is 410 g/mol. The third-order valence-electron chi connectivity index (χ3n) is 7.56. The number of aromatic nitrogens is 4. The Bertz CT molecular complexity index is 967. The van der Waals surface area contributed by atoms with E-state index in [-0.39, 0.29) is 29.3 Å². The Morgan fingerprint density at radius 2 is 1.90 bits per heavy atom. The largest absolute Gasteiger partial charge is 0.424 e. The molecular weight excluding hydrogens is 385 g/mol. The fraction of sp³-hybridized carbons (Fsp3) is 0.700. The fourth-order valence-electron chi connectivity index (χ4n) is 5.73. The van der Waals surface area contributed by atoms with Gasteiger partial charge in [-0.2, -0.15) is 18.3 Å². The van der Waals surface area contributed by atoms with E-state index in [9.17, 15) is 23.4 Å². The van der Waals surface area contributed by atoms with Crippen molar-refractivity contribution in [2.24, 2.45) is 5.41 Å². The van der Waals surface area contributed by atoms with Crippen molar-refractivity contribution in [1.29, 1.82) is 0 Å². The van der Waals surface area contributed by atoms with Crippen molar-refractivity contribution in [1.82, 2.24) is 19.3 Å². The van der Waals surface area contributed by atoms with Gasteiger partial charge in [-0.1, -0.05) is 0 Å². The van der Waals surface area contributed by atoms with Gasteiger partial charge in [-0.25, -0.2) is 4.98 Å². The molecule has 2 fully saturated rings. The van der Waals surface area contributed by atoms with Crippen molar-refractivity contribution in [3.63, 3.8) is 0 Å². The molecule has 2 saturated carbocycles. The first kappa shape index (κ1) is 19.1. The van der Waals surface area contributed by atoms with E-state index in [0.717, 1.165) is 50.4 Å². The van der Waals surface area contributed by atoms with Gasteiger partial charge in [0, 0.05) is 12.0 Å². The second-order valence-corrected chi connectivity index (χ2v) is 9.47. The SMILES string of the molecule is C[C@H]1Cn2nc(C34CCC(CO)(CC3)C4)cc2-c2cnc([C@@](C)(O)C(F)(F)F)n21. The highest BCUT2D eigenvalue weighted by atomic mass is 19.4. The van der Waals surface area contributed by atoms with Crippen molar-refractivity contribution < 1.29 is 23.4 Å². The molecule has 5 rings (SSSR count). The average Bonchev–Trinajstić information content (AvgIpc) is 3.41. The van der Waals surface area contributed by atoms with Gasteiger partial charge in [0.25, 0.3) is 0 Å². The zero-order chi connectivity index (χ0) is 20.8. The van der Waals surface area contributed by atoms with Crippen LogP contribution in [0.2, 0.25) is 0 Å². The van der Waals surface area contributed by atoms with Crippen LogP contribution in [0.15, 0.2) is 12.3 Å². The highest BCUT2D eigenvalue weighted by Gasteiger charge is 2.57. The summed E-state index contributed by atoms with van der Waals surface area (Å²) in [5.41, 5.74) is -0.841. The molecule has 0 unspecified atom stereocenters. The molecular formula is C20H25F3N4O2. The summed E-state index contributed by atoms with van der Waals surface area (Å²) in [6.07, 6.45) is 1.42. The maximum atomic E-state index is 13.4. The van der Waals surface area contributed by atoms with Crippen LogP contribution in [0.25, 0.3) is 11.4 Å². The quantitative estimate of drug-likeness (QED) is 0.814. The van der Waals surface area contributed by atoms with Crippen LogP contribution < -0.4 is 0 Å². The third kappa shape index (κ3) is 2.43. The summed E-state index contributed by atoms with van der Waals surface area (Å²) in [7, 11) is 0. The minimum absolute atomic E-state index is 0.00222. The van der Waals surface area contributed by atoms with Gasteiger partial charge in [0.2, 0.25) is 5.60 Å². The molecule has 29 heavy (non-hydrogen) atoms. The molecule has 0 aromatic carbocycles. The minimum Gasteiger partial charge on any atom is -0.396 e. The van der Waals surface area contributed by atoms with Gasteiger partial charge in [0.1, 0.15) is 0 Å². The van der Waals surface area contributed by atoms with E-state index in [1.165, 1.54) is 10.8 Å². The Balaban J connectivity index is 1.58. The molecule has 0 amide bonds. The van der Waals surface area contributed by atoms with E-state index >= 15 is 0 Å². The summed E-state index contributed by atoms with van der Waals surface area (Å²) in [6.45, 7) is 3.17. The molecule has 0 saturated heterocycles. The number of halogens is 3. The number of hydrogen-bond acceptors (Lipinski definition) is 4. The molecule has 158 valence electrons. The molecule has 2 bridgehead atoms. The van der Waals surface area contributed by atoms with Crippen molar-refractivity contribution in [2.45, 2.75) is 75.7 Å². The highest BCUT2D eigenvalue weighted by Crippen LogP contribution is 2.62. The second kappa shape index (κ2) is 5.63. The number of rotatable bonds is 3. The van der Waals surface area contributed by atoms with Gasteiger partial charge in [0.05, 0.1) is 35.9 Å². The van der Waals surface area contributed by atoms with Crippen LogP contribution in [0.4, 0.5) is 13.2 Å². The number of fused-ring (bicyclic) bond motifs is 5. The summed E-state index contributed by atoms with van der Waals surface area (Å²) < 4.78 is 43.6. The fourth-order valence-corrected chi connectivity index (χ4v) is 5.73. The van der Waals surface area contributed by atoms with Crippen LogP contribution in [0.5, 0.6) is 0 Å². The van der Waals surface area contributed by atoms with Crippen molar-refractivity contribution >= 4 is 0 Å². The van der Waals surface area contributed by atoms with Gasteiger partial charge in [-0.05, 0) is 57.4 Å². The standard InChI is InChI=1S/C20H25F3N4O2/c1-12-9-26-13(14-8-24-16(27(12)14)17(2,29)20(21,22)23)7-15(25-26)19-5-3-18(10-19,11-28)4-6-19/h7-8,12,28-29H,3-6,9-11H2,1-2H3/t12-,17+,18?,19?/m0/s1. The van der Waals surface area contributed by atoms with E-state index < -0.39 is 11.8 Å². The summed E-state index contributed by atoms with van der Waals surface area (Å²) in [5, 5.41) is 24.9. The van der Waals surface area contributed by atoms with Crippen LogP contribution in [0.1, 0.15) is 63.5 Å². The zero-order valence-electron chi connectivity index (χ0n) is 16.5. The van der Waals surface area contributed by atoms with Gasteiger partial charge < -0.3 is 14.8 Å². The van der Waals surface area contributed by atoms with E-state index in [2.05, 4.69) is 4.98 Å². The molecule has 2 N–H and O–H groups in total. The van der Waals surface area contributed by atoms with Crippen LogP contribution in [0.3, 0.4) is 0 Å². The highest BCUT2D eigenvalue weighted by molar-refractivity contribution is 5.58. The van der Waals surface area contributed by atoms with E-state index in [1.807, 2.05) is 17.7 Å². The summed E-state index contributed by atoms with van der Waals surface area (Å²) in [6, 6.07) is 1.65. The van der Waals surface area contributed by atoms with Crippen LogP contribution >= 0.6 is 0 Å². The molecule has 1 aliphatic heterocycles. The van der Waals surface area contributed by atoms with Crippen molar-refractivity contribution in [3.05, 3.63) is 23.8 Å². The second-order valence-electron chi connectivity index (χ2n) is 9.47. The third-order valence-corrected chi connectivity index (χ3v) is 7.56. The van der Waals surface area contributed by atoms with Crippen molar-refractivity contribution in [2.75, 3.05) is 6.61 Å². The Labute approximate surface area is 166 Å². The number of alkyl halides is 3. The van der Waals surface area contributed by atoms with Crippen LogP contribution in [-0.4, -0.2) is 42.3 Å². The molecule has 2 aliphatic carbocycles. The summed E-state index contributed by atoms with van der Waals surface area (Å²) in [5.74, 6) is -0.388. The number of nitrogens with zero attached hydrogens (tertiary/aromatic N) is 4. The van der Waals surface area contributed by atoms with Gasteiger partial charge in [-0.15, -0.1) is 0 Å². The van der Waals surface area contributed by atoms with E-state index in [4.69, 9.17) is 5.10 Å². The Kier molecular flexibility index (Phi) is 3.71. The molecule has 9 heteroatoms. The predicted octanol–water partition coefficient (Wildman–Crippen LogP) is 3.29. The maximum absolute atomic E-state index is 13.4. The Morgan fingerprint density at radius 1 is 1.21 bits per heavy atom. The summed E-state index contributed by atoms with van der Waals surface area (Å²) in [4.78, 5) is 3.98. The van der Waals surface area contributed by atoms with E-state index in [0.29, 0.717) is 12.2 Å². The molecule has 3 heterocycles. The molecule has 2 atom stereocenters.